The number of nitrogens with two attached hydrogens (primary N) is 1. The van der Waals surface area contributed by atoms with Gasteiger partial charge in [-0.15, -0.1) is 35.3 Å². The van der Waals surface area contributed by atoms with E-state index in [0.29, 0.717) is 18.9 Å². The molecule has 1 amide bonds. The zero-order chi connectivity index (χ0) is 16.8. The van der Waals surface area contributed by atoms with Gasteiger partial charge in [0.15, 0.2) is 5.96 Å². The summed E-state index contributed by atoms with van der Waals surface area (Å²) in [6.45, 7) is 2.13. The van der Waals surface area contributed by atoms with E-state index in [2.05, 4.69) is 27.8 Å². The fourth-order valence-corrected chi connectivity index (χ4v) is 3.41. The van der Waals surface area contributed by atoms with Gasteiger partial charge in [0.05, 0.1) is 6.54 Å². The lowest BCUT2D eigenvalue weighted by Gasteiger charge is -2.15. The Morgan fingerprint density at radius 3 is 2.72 bits per heavy atom. The minimum absolute atomic E-state index is 0. The fourth-order valence-electron chi connectivity index (χ4n) is 2.70. The summed E-state index contributed by atoms with van der Waals surface area (Å²) in [6.07, 6.45) is 2.55. The molecule has 134 valence electrons. The highest BCUT2D eigenvalue weighted by Gasteiger charge is 2.21. The molecule has 0 spiro atoms. The van der Waals surface area contributed by atoms with Crippen molar-refractivity contribution in [3.63, 3.8) is 0 Å². The van der Waals surface area contributed by atoms with E-state index in [1.165, 1.54) is 4.88 Å². The summed E-state index contributed by atoms with van der Waals surface area (Å²) in [6, 6.07) is 12.1. The molecule has 0 bridgehead atoms. The lowest BCUT2D eigenvalue weighted by Crippen LogP contribution is -2.33. The minimum atomic E-state index is 0. The smallest absolute Gasteiger partial charge is 0.227 e. The van der Waals surface area contributed by atoms with Crippen LogP contribution in [0, 0.1) is 0 Å². The number of carbonyl (C=O) groups is 1. The molecule has 1 aliphatic rings. The van der Waals surface area contributed by atoms with Crippen molar-refractivity contribution in [1.82, 2.24) is 5.32 Å². The van der Waals surface area contributed by atoms with Crippen LogP contribution < -0.4 is 16.0 Å². The molecule has 0 aliphatic carbocycles. The third-order valence-corrected chi connectivity index (χ3v) is 4.95. The second kappa shape index (κ2) is 9.76. The maximum Gasteiger partial charge on any atom is 0.227 e. The van der Waals surface area contributed by atoms with Crippen LogP contribution in [0.4, 0.5) is 5.69 Å². The van der Waals surface area contributed by atoms with Crippen molar-refractivity contribution >= 4 is 52.9 Å². The highest BCUT2D eigenvalue weighted by Crippen LogP contribution is 2.21. The van der Waals surface area contributed by atoms with Crippen molar-refractivity contribution in [2.45, 2.75) is 25.8 Å². The summed E-state index contributed by atoms with van der Waals surface area (Å²) in [5.41, 5.74) is 7.94. The van der Waals surface area contributed by atoms with Gasteiger partial charge in [-0.25, -0.2) is 4.99 Å². The zero-order valence-electron chi connectivity index (χ0n) is 14.0. The van der Waals surface area contributed by atoms with E-state index >= 15 is 0 Å². The number of guanidine groups is 1. The molecular weight excluding hydrogens is 447 g/mol. The number of benzene rings is 1. The van der Waals surface area contributed by atoms with Gasteiger partial charge in [-0.05, 0) is 42.0 Å². The van der Waals surface area contributed by atoms with Gasteiger partial charge < -0.3 is 16.0 Å². The fraction of sp³-hybridized carbons (Fsp3) is 0.333. The largest absolute Gasteiger partial charge is 0.370 e. The van der Waals surface area contributed by atoms with Gasteiger partial charge in [-0.3, -0.25) is 4.79 Å². The maximum absolute atomic E-state index is 11.7. The molecule has 2 aromatic rings. The van der Waals surface area contributed by atoms with Crippen LogP contribution in [0.3, 0.4) is 0 Å². The van der Waals surface area contributed by atoms with Crippen LogP contribution in [0.2, 0.25) is 0 Å². The van der Waals surface area contributed by atoms with E-state index < -0.39 is 0 Å². The Bertz CT molecular complexity index is 700. The van der Waals surface area contributed by atoms with Crippen molar-refractivity contribution in [2.24, 2.45) is 10.7 Å². The Balaban J connectivity index is 0.00000225. The molecule has 0 atom stereocenters. The molecule has 1 fully saturated rings. The molecule has 0 radical (unpaired) electrons. The van der Waals surface area contributed by atoms with Crippen molar-refractivity contribution in [3.8, 4) is 0 Å². The summed E-state index contributed by atoms with van der Waals surface area (Å²) in [5.74, 6) is 0.672. The number of aliphatic imine (C=N–C) groups is 1. The summed E-state index contributed by atoms with van der Waals surface area (Å²) in [4.78, 5) is 19.3. The number of hydrogen-bond acceptors (Lipinski definition) is 3. The van der Waals surface area contributed by atoms with Crippen LogP contribution in [-0.2, 0) is 17.8 Å². The number of anilines is 1. The van der Waals surface area contributed by atoms with E-state index in [9.17, 15) is 4.79 Å². The first-order valence-corrected chi connectivity index (χ1v) is 9.06. The van der Waals surface area contributed by atoms with Crippen molar-refractivity contribution in [2.75, 3.05) is 18.0 Å². The lowest BCUT2D eigenvalue weighted by molar-refractivity contribution is -0.117. The molecular formula is C18H23IN4OS. The molecule has 0 unspecified atom stereocenters. The molecule has 3 N–H and O–H groups in total. The number of rotatable bonds is 6. The Kier molecular flexibility index (Phi) is 7.70. The zero-order valence-corrected chi connectivity index (χ0v) is 17.1. The molecule has 3 rings (SSSR count). The van der Waals surface area contributed by atoms with Crippen LogP contribution >= 0.6 is 35.3 Å². The van der Waals surface area contributed by atoms with Crippen LogP contribution in [0.1, 0.15) is 23.3 Å². The monoisotopic (exact) mass is 470 g/mol. The van der Waals surface area contributed by atoms with Crippen LogP contribution in [0.5, 0.6) is 0 Å². The van der Waals surface area contributed by atoms with E-state index in [1.54, 1.807) is 11.3 Å². The summed E-state index contributed by atoms with van der Waals surface area (Å²) < 4.78 is 0. The maximum atomic E-state index is 11.7. The molecule has 1 saturated heterocycles. The quantitative estimate of drug-likeness (QED) is 0.387. The van der Waals surface area contributed by atoms with Crippen molar-refractivity contribution < 1.29 is 4.79 Å². The molecule has 2 heterocycles. The minimum Gasteiger partial charge on any atom is -0.370 e. The first kappa shape index (κ1) is 19.7. The highest BCUT2D eigenvalue weighted by molar-refractivity contribution is 14.0. The average Bonchev–Trinajstić information content (AvgIpc) is 3.25. The third kappa shape index (κ3) is 5.71. The van der Waals surface area contributed by atoms with Gasteiger partial charge in [-0.2, -0.15) is 0 Å². The van der Waals surface area contributed by atoms with Crippen LogP contribution in [-0.4, -0.2) is 25.0 Å². The first-order chi connectivity index (χ1) is 11.7. The van der Waals surface area contributed by atoms with Gasteiger partial charge >= 0.3 is 0 Å². The molecule has 1 aromatic heterocycles. The van der Waals surface area contributed by atoms with Gasteiger partial charge in [0.1, 0.15) is 0 Å². The Morgan fingerprint density at radius 1 is 1.28 bits per heavy atom. The summed E-state index contributed by atoms with van der Waals surface area (Å²) in [5, 5.41) is 5.21. The van der Waals surface area contributed by atoms with Crippen molar-refractivity contribution in [3.05, 3.63) is 52.2 Å². The number of halogens is 1. The SMILES string of the molecule is I.NC(=NCc1ccc(N2CCCC2=O)cc1)NCCc1cccs1. The van der Waals surface area contributed by atoms with E-state index in [4.69, 9.17) is 5.73 Å². The predicted octanol–water partition coefficient (Wildman–Crippen LogP) is 3.14. The van der Waals surface area contributed by atoms with E-state index in [1.807, 2.05) is 29.2 Å². The number of hydrogen-bond donors (Lipinski definition) is 2. The second-order valence-corrected chi connectivity index (χ2v) is 6.81. The normalized spacial score (nSPS) is 14.5. The van der Waals surface area contributed by atoms with Gasteiger partial charge in [0.2, 0.25) is 5.91 Å². The molecule has 1 aromatic carbocycles. The van der Waals surface area contributed by atoms with Gasteiger partial charge in [0.25, 0.3) is 0 Å². The number of amides is 1. The van der Waals surface area contributed by atoms with Gasteiger partial charge in [-0.1, -0.05) is 18.2 Å². The number of thiophene rings is 1. The lowest BCUT2D eigenvalue weighted by atomic mass is 10.2. The van der Waals surface area contributed by atoms with Gasteiger partial charge in [0, 0.05) is 30.1 Å². The molecule has 0 saturated carbocycles. The number of nitrogens with one attached hydrogen (secondary N) is 1. The van der Waals surface area contributed by atoms with Crippen molar-refractivity contribution in [1.29, 1.82) is 0 Å². The Morgan fingerprint density at radius 2 is 2.08 bits per heavy atom. The standard InChI is InChI=1S/C18H22N4OS.HI/c19-18(20-10-9-16-3-2-12-24-16)21-13-14-5-7-15(8-6-14)22-11-1-4-17(22)23;/h2-3,5-8,12H,1,4,9-11,13H2,(H3,19,20,21);1H. The molecule has 5 nitrogen and oxygen atoms in total. The van der Waals surface area contributed by atoms with Crippen LogP contribution in [0.25, 0.3) is 0 Å². The van der Waals surface area contributed by atoms with Crippen LogP contribution in [0.15, 0.2) is 46.8 Å². The highest BCUT2D eigenvalue weighted by atomic mass is 127. The average molecular weight is 470 g/mol. The number of nitrogens with zero attached hydrogens (tertiary/aromatic N) is 2. The second-order valence-electron chi connectivity index (χ2n) is 5.77. The third-order valence-electron chi connectivity index (χ3n) is 4.01. The number of carbonyl (C=O) groups excluding carboxylic acids is 1. The Labute approximate surface area is 169 Å². The Hall–Kier alpha value is -1.61. The molecule has 25 heavy (non-hydrogen) atoms. The summed E-state index contributed by atoms with van der Waals surface area (Å²) in [7, 11) is 0. The molecule has 1 aliphatic heterocycles. The first-order valence-electron chi connectivity index (χ1n) is 8.18. The predicted molar refractivity (Wildman–Crippen MR) is 115 cm³/mol. The topological polar surface area (TPSA) is 70.7 Å². The van der Waals surface area contributed by atoms with E-state index in [0.717, 1.165) is 37.2 Å². The molecule has 7 heteroatoms. The summed E-state index contributed by atoms with van der Waals surface area (Å²) >= 11 is 1.75. The van der Waals surface area contributed by atoms with E-state index in [-0.39, 0.29) is 29.9 Å².